The van der Waals surface area contributed by atoms with Gasteiger partial charge in [0.05, 0.1) is 18.9 Å². The molecular weight excluding hydrogens is 292 g/mol. The van der Waals surface area contributed by atoms with Gasteiger partial charge < -0.3 is 15.6 Å². The Balaban J connectivity index is 3.11. The number of methoxy groups -OCH3 is 1. The monoisotopic (exact) mass is 308 g/mol. The lowest BCUT2D eigenvalue weighted by molar-refractivity contribution is 0.168. The van der Waals surface area contributed by atoms with Gasteiger partial charge in [-0.05, 0) is 18.2 Å². The lowest BCUT2D eigenvalue weighted by Crippen LogP contribution is -2.36. The van der Waals surface area contributed by atoms with Crippen molar-refractivity contribution in [3.05, 3.63) is 23.2 Å². The fourth-order valence-electron chi connectivity index (χ4n) is 1.55. The Bertz CT molecular complexity index is 521. The number of hydrogen-bond donors (Lipinski definition) is 2. The minimum absolute atomic E-state index is 0.0201. The maximum atomic E-state index is 12.4. The smallest absolute Gasteiger partial charge is 0.245 e. The van der Waals surface area contributed by atoms with E-state index in [1.165, 1.54) is 25.3 Å². The van der Waals surface area contributed by atoms with Crippen molar-refractivity contribution >= 4 is 27.3 Å². The zero-order valence-corrected chi connectivity index (χ0v) is 12.1. The van der Waals surface area contributed by atoms with E-state index in [1.54, 1.807) is 0 Å². The molecule has 0 bridgehead atoms. The highest BCUT2D eigenvalue weighted by molar-refractivity contribution is 7.89. The van der Waals surface area contributed by atoms with E-state index >= 15 is 0 Å². The van der Waals surface area contributed by atoms with Crippen LogP contribution in [0.15, 0.2) is 23.1 Å². The Hall–Kier alpha value is -0.860. The van der Waals surface area contributed by atoms with Gasteiger partial charge in [-0.2, -0.15) is 4.31 Å². The first-order valence-corrected chi connectivity index (χ1v) is 7.40. The number of benzene rings is 1. The number of anilines is 1. The Morgan fingerprint density at radius 1 is 1.42 bits per heavy atom. The van der Waals surface area contributed by atoms with Crippen LogP contribution in [-0.2, 0) is 14.8 Å². The van der Waals surface area contributed by atoms with Gasteiger partial charge in [0.15, 0.2) is 0 Å². The normalized spacial score (nSPS) is 12.0. The average Bonchev–Trinajstić information content (AvgIpc) is 2.33. The van der Waals surface area contributed by atoms with Crippen LogP contribution in [0.2, 0.25) is 5.02 Å². The molecule has 0 heterocycles. The summed E-state index contributed by atoms with van der Waals surface area (Å²) in [5.74, 6) is 0. The van der Waals surface area contributed by atoms with Gasteiger partial charge in [0, 0.05) is 25.2 Å². The summed E-state index contributed by atoms with van der Waals surface area (Å²) < 4.78 is 30.8. The summed E-state index contributed by atoms with van der Waals surface area (Å²) in [7, 11) is -2.30. The van der Waals surface area contributed by atoms with E-state index in [1.807, 2.05) is 0 Å². The van der Waals surface area contributed by atoms with E-state index in [2.05, 4.69) is 0 Å². The summed E-state index contributed by atoms with van der Waals surface area (Å²) >= 11 is 5.74. The Morgan fingerprint density at radius 2 is 2.11 bits per heavy atom. The molecular formula is C11H17ClN2O4S. The summed E-state index contributed by atoms with van der Waals surface area (Å²) in [5, 5.41) is 9.32. The predicted molar refractivity (Wildman–Crippen MR) is 73.6 cm³/mol. The zero-order chi connectivity index (χ0) is 14.5. The number of ether oxygens (including phenoxy) is 1. The molecule has 3 N–H and O–H groups in total. The topological polar surface area (TPSA) is 92.9 Å². The Kier molecular flexibility index (Phi) is 6.02. The van der Waals surface area contributed by atoms with E-state index in [-0.39, 0.29) is 36.9 Å². The first-order chi connectivity index (χ1) is 8.93. The van der Waals surface area contributed by atoms with Crippen molar-refractivity contribution in [3.63, 3.8) is 0 Å². The second kappa shape index (κ2) is 7.06. The standard InChI is InChI=1S/C11H17ClN2O4S/c1-18-7-5-14(4-6-15)19(16,17)11-3-2-9(12)8-10(11)13/h2-3,8,15H,4-7,13H2,1H3. The van der Waals surface area contributed by atoms with Crippen molar-refractivity contribution in [1.82, 2.24) is 4.31 Å². The number of rotatable bonds is 7. The number of halogens is 1. The lowest BCUT2D eigenvalue weighted by atomic mass is 10.3. The molecule has 0 aromatic heterocycles. The van der Waals surface area contributed by atoms with Crippen LogP contribution >= 0.6 is 11.6 Å². The summed E-state index contributed by atoms with van der Waals surface area (Å²) in [6.45, 7) is 0.0678. The second-order valence-corrected chi connectivity index (χ2v) is 6.15. The molecule has 1 aromatic carbocycles. The lowest BCUT2D eigenvalue weighted by Gasteiger charge is -2.21. The maximum absolute atomic E-state index is 12.4. The third-order valence-electron chi connectivity index (χ3n) is 2.48. The minimum atomic E-state index is -3.77. The number of nitrogens with zero attached hydrogens (tertiary/aromatic N) is 1. The minimum Gasteiger partial charge on any atom is -0.398 e. The number of nitrogens with two attached hydrogens (primary N) is 1. The van der Waals surface area contributed by atoms with Gasteiger partial charge in [-0.3, -0.25) is 0 Å². The molecule has 0 saturated carbocycles. The fraction of sp³-hybridized carbons (Fsp3) is 0.455. The van der Waals surface area contributed by atoms with Crippen LogP contribution < -0.4 is 5.73 Å². The van der Waals surface area contributed by atoms with Crippen LogP contribution in [0.25, 0.3) is 0 Å². The molecule has 0 spiro atoms. The van der Waals surface area contributed by atoms with Crippen molar-refractivity contribution in [3.8, 4) is 0 Å². The molecule has 108 valence electrons. The SMILES string of the molecule is COCCN(CCO)S(=O)(=O)c1ccc(Cl)cc1N. The van der Waals surface area contributed by atoms with E-state index in [9.17, 15) is 8.42 Å². The van der Waals surface area contributed by atoms with Crippen LogP contribution in [-0.4, -0.2) is 51.2 Å². The molecule has 0 aliphatic heterocycles. The highest BCUT2D eigenvalue weighted by atomic mass is 35.5. The van der Waals surface area contributed by atoms with Crippen LogP contribution in [0.4, 0.5) is 5.69 Å². The van der Waals surface area contributed by atoms with Gasteiger partial charge in [0.25, 0.3) is 0 Å². The largest absolute Gasteiger partial charge is 0.398 e. The van der Waals surface area contributed by atoms with Crippen LogP contribution in [0, 0.1) is 0 Å². The summed E-state index contributed by atoms with van der Waals surface area (Å²) in [6, 6.07) is 4.18. The molecule has 0 saturated heterocycles. The third-order valence-corrected chi connectivity index (χ3v) is 4.69. The van der Waals surface area contributed by atoms with Gasteiger partial charge in [-0.15, -0.1) is 0 Å². The van der Waals surface area contributed by atoms with Gasteiger partial charge in [-0.1, -0.05) is 11.6 Å². The molecule has 0 amide bonds. The number of nitrogen functional groups attached to an aromatic ring is 1. The molecule has 0 fully saturated rings. The molecule has 6 nitrogen and oxygen atoms in total. The highest BCUT2D eigenvalue weighted by Gasteiger charge is 2.25. The molecule has 1 rings (SSSR count). The average molecular weight is 309 g/mol. The van der Waals surface area contributed by atoms with E-state index in [4.69, 9.17) is 27.2 Å². The summed E-state index contributed by atoms with van der Waals surface area (Å²) in [4.78, 5) is -0.0264. The quantitative estimate of drug-likeness (QED) is 0.718. The number of aliphatic hydroxyl groups excluding tert-OH is 1. The van der Waals surface area contributed by atoms with Crippen LogP contribution in [0.1, 0.15) is 0 Å². The third kappa shape index (κ3) is 4.05. The zero-order valence-electron chi connectivity index (χ0n) is 10.5. The fourth-order valence-corrected chi connectivity index (χ4v) is 3.24. The maximum Gasteiger partial charge on any atom is 0.245 e. The number of sulfonamides is 1. The van der Waals surface area contributed by atoms with Crippen molar-refractivity contribution < 1.29 is 18.3 Å². The van der Waals surface area contributed by atoms with Crippen molar-refractivity contribution in [2.24, 2.45) is 0 Å². The first kappa shape index (κ1) is 16.2. The van der Waals surface area contributed by atoms with Crippen molar-refractivity contribution in [2.45, 2.75) is 4.90 Å². The van der Waals surface area contributed by atoms with E-state index in [0.29, 0.717) is 5.02 Å². The summed E-state index contributed by atoms with van der Waals surface area (Å²) in [6.07, 6.45) is 0. The highest BCUT2D eigenvalue weighted by Crippen LogP contribution is 2.25. The Morgan fingerprint density at radius 3 is 2.63 bits per heavy atom. The number of hydrogen-bond acceptors (Lipinski definition) is 5. The molecule has 0 atom stereocenters. The van der Waals surface area contributed by atoms with Gasteiger partial charge in [-0.25, -0.2) is 8.42 Å². The molecule has 1 aromatic rings. The van der Waals surface area contributed by atoms with Gasteiger partial charge in [0.2, 0.25) is 10.0 Å². The van der Waals surface area contributed by atoms with E-state index < -0.39 is 10.0 Å². The van der Waals surface area contributed by atoms with Crippen molar-refractivity contribution in [2.75, 3.05) is 39.1 Å². The van der Waals surface area contributed by atoms with Crippen molar-refractivity contribution in [1.29, 1.82) is 0 Å². The predicted octanol–water partition coefficient (Wildman–Crippen LogP) is 0.552. The summed E-state index contributed by atoms with van der Waals surface area (Å²) in [5.41, 5.74) is 5.76. The molecule has 0 aliphatic rings. The van der Waals surface area contributed by atoms with E-state index in [0.717, 1.165) is 4.31 Å². The molecule has 0 unspecified atom stereocenters. The first-order valence-electron chi connectivity index (χ1n) is 5.58. The van der Waals surface area contributed by atoms with Crippen LogP contribution in [0.3, 0.4) is 0 Å². The van der Waals surface area contributed by atoms with Gasteiger partial charge >= 0.3 is 0 Å². The Labute approximate surface area is 117 Å². The number of aliphatic hydroxyl groups is 1. The molecule has 19 heavy (non-hydrogen) atoms. The van der Waals surface area contributed by atoms with Gasteiger partial charge in [0.1, 0.15) is 4.90 Å². The van der Waals surface area contributed by atoms with Crippen LogP contribution in [0.5, 0.6) is 0 Å². The molecule has 0 aliphatic carbocycles. The second-order valence-electron chi connectivity index (χ2n) is 3.80. The molecule has 8 heteroatoms. The molecule has 0 radical (unpaired) electrons.